The minimum atomic E-state index is -1.26. The van der Waals surface area contributed by atoms with Gasteiger partial charge in [-0.05, 0) is 45.0 Å². The number of nitrogens with one attached hydrogen (secondary N) is 3. The van der Waals surface area contributed by atoms with Crippen LogP contribution in [0.15, 0.2) is 29.6 Å². The Labute approximate surface area is 211 Å². The van der Waals surface area contributed by atoms with Crippen LogP contribution in [-0.2, 0) is 28.6 Å². The van der Waals surface area contributed by atoms with Crippen molar-refractivity contribution in [2.24, 2.45) is 0 Å². The van der Waals surface area contributed by atoms with Crippen molar-refractivity contribution in [3.8, 4) is 10.6 Å². The van der Waals surface area contributed by atoms with E-state index >= 15 is 0 Å². The molecule has 2 aromatic rings. The van der Waals surface area contributed by atoms with E-state index in [0.29, 0.717) is 16.3 Å². The van der Waals surface area contributed by atoms with Gasteiger partial charge in [-0.25, -0.2) is 9.78 Å². The highest BCUT2D eigenvalue weighted by molar-refractivity contribution is 7.13. The van der Waals surface area contributed by atoms with Crippen LogP contribution in [0.5, 0.6) is 0 Å². The van der Waals surface area contributed by atoms with Crippen LogP contribution in [0.3, 0.4) is 0 Å². The van der Waals surface area contributed by atoms with Gasteiger partial charge in [0.1, 0.15) is 35.5 Å². The van der Waals surface area contributed by atoms with Gasteiger partial charge >= 0.3 is 18.0 Å². The summed E-state index contributed by atoms with van der Waals surface area (Å²) in [6.45, 7) is 5.60. The molecular weight excluding hydrogens is 492 g/mol. The van der Waals surface area contributed by atoms with Crippen LogP contribution < -0.4 is 16.0 Å². The van der Waals surface area contributed by atoms with E-state index in [4.69, 9.17) is 9.47 Å². The fourth-order valence-electron chi connectivity index (χ4n) is 2.60. The van der Waals surface area contributed by atoms with Gasteiger partial charge in [0.2, 0.25) is 5.91 Å². The Balaban J connectivity index is 2.05. The van der Waals surface area contributed by atoms with Gasteiger partial charge in [0, 0.05) is 23.6 Å². The fraction of sp³-hybridized carbons (Fsp3) is 0.391. The second kappa shape index (κ2) is 12.6. The maximum Gasteiger partial charge on any atom is 0.412 e. The number of nitrogens with zero attached hydrogens (tertiary/aromatic N) is 1. The van der Waals surface area contributed by atoms with Crippen LogP contribution >= 0.6 is 11.3 Å². The van der Waals surface area contributed by atoms with Gasteiger partial charge in [-0.1, -0.05) is 0 Å². The number of amides is 3. The number of rotatable bonds is 9. The van der Waals surface area contributed by atoms with Crippen molar-refractivity contribution in [3.63, 3.8) is 0 Å². The van der Waals surface area contributed by atoms with Gasteiger partial charge < -0.3 is 24.8 Å². The van der Waals surface area contributed by atoms with Crippen molar-refractivity contribution in [2.75, 3.05) is 25.6 Å². The monoisotopic (exact) mass is 520 g/mol. The van der Waals surface area contributed by atoms with E-state index in [1.54, 1.807) is 45.0 Å². The van der Waals surface area contributed by atoms with Crippen LogP contribution in [0.4, 0.5) is 10.5 Å². The van der Waals surface area contributed by atoms with Gasteiger partial charge in [0.05, 0.1) is 7.11 Å². The summed E-state index contributed by atoms with van der Waals surface area (Å²) in [4.78, 5) is 63.7. The lowest BCUT2D eigenvalue weighted by Gasteiger charge is -2.19. The quantitative estimate of drug-likeness (QED) is 0.332. The number of ether oxygens (including phenoxy) is 3. The molecule has 0 radical (unpaired) electrons. The molecule has 12 nitrogen and oxygen atoms in total. The van der Waals surface area contributed by atoms with E-state index in [2.05, 4.69) is 25.7 Å². The maximum atomic E-state index is 12.7. The summed E-state index contributed by atoms with van der Waals surface area (Å²) in [6, 6.07) is 5.52. The van der Waals surface area contributed by atoms with E-state index in [1.807, 2.05) is 0 Å². The molecule has 0 bridgehead atoms. The normalized spacial score (nSPS) is 11.6. The molecule has 194 valence electrons. The smallest absolute Gasteiger partial charge is 0.412 e. The molecule has 2 rings (SSSR count). The van der Waals surface area contributed by atoms with Crippen LogP contribution in [0, 0.1) is 0 Å². The second-order valence-corrected chi connectivity index (χ2v) is 9.22. The Bertz CT molecular complexity index is 1110. The van der Waals surface area contributed by atoms with E-state index < -0.39 is 54.6 Å². The number of esters is 2. The fourth-order valence-corrected chi connectivity index (χ4v) is 3.40. The van der Waals surface area contributed by atoms with Gasteiger partial charge in [-0.3, -0.25) is 24.5 Å². The highest BCUT2D eigenvalue weighted by Crippen LogP contribution is 2.25. The number of carbonyl (C=O) groups excluding carboxylic acids is 5. The number of hydrogen-bond donors (Lipinski definition) is 3. The minimum Gasteiger partial charge on any atom is -0.468 e. The molecular formula is C23H28N4O8S. The molecule has 0 fully saturated rings. The Morgan fingerprint density at radius 2 is 1.75 bits per heavy atom. The average molecular weight is 521 g/mol. The number of hydrogen-bond acceptors (Lipinski definition) is 10. The largest absolute Gasteiger partial charge is 0.468 e. The standard InChI is InChI=1S/C23H28N4O8S/c1-13(28)34-11-16(19(30)24-10-18(29)33-5)26-20(31)17-12-36-21(27-17)14-6-8-15(9-7-14)25-22(32)35-23(2,3)4/h6-9,12,16H,10-11H2,1-5H3,(H,24,30)(H,25,32)(H,26,31). The number of benzene rings is 1. The molecule has 0 aliphatic rings. The first-order valence-corrected chi connectivity index (χ1v) is 11.6. The summed E-state index contributed by atoms with van der Waals surface area (Å²) >= 11 is 1.20. The van der Waals surface area contributed by atoms with E-state index in [0.717, 1.165) is 14.0 Å². The number of thiazole rings is 1. The first-order valence-electron chi connectivity index (χ1n) is 10.7. The first-order chi connectivity index (χ1) is 16.9. The molecule has 0 aliphatic heterocycles. The Morgan fingerprint density at radius 1 is 1.08 bits per heavy atom. The lowest BCUT2D eigenvalue weighted by molar-refractivity contribution is -0.144. The summed E-state index contributed by atoms with van der Waals surface area (Å²) in [5.74, 6) is -2.74. The third kappa shape index (κ3) is 9.33. The molecule has 36 heavy (non-hydrogen) atoms. The maximum absolute atomic E-state index is 12.7. The molecule has 13 heteroatoms. The summed E-state index contributed by atoms with van der Waals surface area (Å²) in [7, 11) is 1.16. The predicted octanol–water partition coefficient (Wildman–Crippen LogP) is 2.11. The Kier molecular flexibility index (Phi) is 9.91. The van der Waals surface area contributed by atoms with E-state index in [-0.39, 0.29) is 5.69 Å². The second-order valence-electron chi connectivity index (χ2n) is 8.36. The molecule has 3 N–H and O–H groups in total. The van der Waals surface area contributed by atoms with E-state index in [1.165, 1.54) is 16.7 Å². The van der Waals surface area contributed by atoms with Gasteiger partial charge in [0.15, 0.2) is 0 Å². The average Bonchev–Trinajstić information content (AvgIpc) is 3.29. The van der Waals surface area contributed by atoms with Crippen molar-refractivity contribution in [1.82, 2.24) is 15.6 Å². The lowest BCUT2D eigenvalue weighted by Crippen LogP contribution is -2.50. The van der Waals surface area contributed by atoms with Crippen molar-refractivity contribution >= 4 is 46.9 Å². The molecule has 1 aromatic carbocycles. The molecule has 1 heterocycles. The Hall–Kier alpha value is -4.00. The zero-order valence-electron chi connectivity index (χ0n) is 20.5. The molecule has 0 aliphatic carbocycles. The van der Waals surface area contributed by atoms with Crippen LogP contribution in [0.2, 0.25) is 0 Å². The summed E-state index contributed by atoms with van der Waals surface area (Å²) in [5.41, 5.74) is 0.635. The number of aromatic nitrogens is 1. The SMILES string of the molecule is COC(=O)CNC(=O)C(COC(C)=O)NC(=O)c1csc(-c2ccc(NC(=O)OC(C)(C)C)cc2)n1. The number of anilines is 1. The lowest BCUT2D eigenvalue weighted by atomic mass is 10.2. The molecule has 1 atom stereocenters. The zero-order valence-corrected chi connectivity index (χ0v) is 21.3. The van der Waals surface area contributed by atoms with Gasteiger partial charge in [-0.2, -0.15) is 0 Å². The van der Waals surface area contributed by atoms with Crippen LogP contribution in [-0.4, -0.2) is 66.7 Å². The van der Waals surface area contributed by atoms with Crippen molar-refractivity contribution in [1.29, 1.82) is 0 Å². The molecule has 1 aromatic heterocycles. The van der Waals surface area contributed by atoms with Gasteiger partial charge in [-0.15, -0.1) is 11.3 Å². The topological polar surface area (TPSA) is 162 Å². The number of methoxy groups -OCH3 is 1. The summed E-state index contributed by atoms with van der Waals surface area (Å²) in [6.07, 6.45) is -0.581. The van der Waals surface area contributed by atoms with Crippen LogP contribution in [0.1, 0.15) is 38.2 Å². The molecule has 0 saturated carbocycles. The van der Waals surface area contributed by atoms with Crippen molar-refractivity contribution < 1.29 is 38.2 Å². The van der Waals surface area contributed by atoms with E-state index in [9.17, 15) is 24.0 Å². The Morgan fingerprint density at radius 3 is 2.33 bits per heavy atom. The van der Waals surface area contributed by atoms with Crippen molar-refractivity contribution in [3.05, 3.63) is 35.3 Å². The molecule has 0 spiro atoms. The molecule has 1 unspecified atom stereocenters. The predicted molar refractivity (Wildman–Crippen MR) is 130 cm³/mol. The number of carbonyl (C=O) groups is 5. The third-order valence-electron chi connectivity index (χ3n) is 4.22. The van der Waals surface area contributed by atoms with Crippen molar-refractivity contribution in [2.45, 2.75) is 39.3 Å². The minimum absolute atomic E-state index is 0.0412. The summed E-state index contributed by atoms with van der Waals surface area (Å²) < 4.78 is 14.5. The molecule has 3 amide bonds. The summed E-state index contributed by atoms with van der Waals surface area (Å²) in [5, 5.41) is 9.41. The third-order valence-corrected chi connectivity index (χ3v) is 5.12. The van der Waals surface area contributed by atoms with Gasteiger partial charge in [0.25, 0.3) is 5.91 Å². The highest BCUT2D eigenvalue weighted by Gasteiger charge is 2.25. The first kappa shape index (κ1) is 28.2. The van der Waals surface area contributed by atoms with Crippen LogP contribution in [0.25, 0.3) is 10.6 Å². The zero-order chi connectivity index (χ0) is 26.9. The highest BCUT2D eigenvalue weighted by atomic mass is 32.1. The molecule has 0 saturated heterocycles.